The molecule has 0 radical (unpaired) electrons. The van der Waals surface area contributed by atoms with E-state index in [1.807, 2.05) is 49.4 Å². The number of nitrogens with zero attached hydrogens (tertiary/aromatic N) is 2. The summed E-state index contributed by atoms with van der Waals surface area (Å²) >= 11 is 0. The fraction of sp³-hybridized carbons (Fsp3) is 0.154. The van der Waals surface area contributed by atoms with Gasteiger partial charge in [0, 0.05) is 35.1 Å². The zero-order chi connectivity index (χ0) is 24.1. The molecule has 3 heterocycles. The van der Waals surface area contributed by atoms with Crippen LogP contribution in [-0.2, 0) is 12.8 Å². The van der Waals surface area contributed by atoms with Gasteiger partial charge in [0.25, 0.3) is 0 Å². The topological polar surface area (TPSA) is 38.9 Å². The molecule has 0 aliphatic carbocycles. The van der Waals surface area contributed by atoms with E-state index in [1.165, 1.54) is 6.07 Å². The molecule has 0 saturated carbocycles. The van der Waals surface area contributed by atoms with Crippen molar-refractivity contribution in [3.8, 4) is 11.3 Å². The SMILES string of the molecule is [2H]C([2H])([2H])c1ccc2c(n1)oc1c(-c3cc(C([2H])([2H])Cc4ccc(C)cc4)ccn3)cccc12. The lowest BCUT2D eigenvalue weighted by atomic mass is 10.0. The summed E-state index contributed by atoms with van der Waals surface area (Å²) in [6, 6.07) is 20.1. The number of hydrogen-bond donors (Lipinski definition) is 0. The first-order valence-corrected chi connectivity index (χ1v) is 9.47. The van der Waals surface area contributed by atoms with Gasteiger partial charge in [0.2, 0.25) is 5.71 Å². The third-order valence-corrected chi connectivity index (χ3v) is 5.02. The van der Waals surface area contributed by atoms with Crippen molar-refractivity contribution < 1.29 is 11.3 Å². The summed E-state index contributed by atoms with van der Waals surface area (Å²) in [5.41, 5.74) is 4.61. The maximum atomic E-state index is 8.70. The predicted molar refractivity (Wildman–Crippen MR) is 118 cm³/mol. The minimum Gasteiger partial charge on any atom is -0.437 e. The van der Waals surface area contributed by atoms with Crippen molar-refractivity contribution >= 4 is 22.1 Å². The molecular weight excluding hydrogens is 356 g/mol. The van der Waals surface area contributed by atoms with E-state index in [-0.39, 0.29) is 17.8 Å². The summed E-state index contributed by atoms with van der Waals surface area (Å²) in [6.45, 7) is -0.319. The summed E-state index contributed by atoms with van der Waals surface area (Å²) in [7, 11) is 0. The van der Waals surface area contributed by atoms with Crippen LogP contribution >= 0.6 is 0 Å². The summed E-state index contributed by atoms with van der Waals surface area (Å²) < 4.78 is 46.3. The molecule has 0 aliphatic rings. The van der Waals surface area contributed by atoms with Crippen LogP contribution < -0.4 is 0 Å². The predicted octanol–water partition coefficient (Wildman–Crippen LogP) is 6.45. The van der Waals surface area contributed by atoms with E-state index in [4.69, 9.17) is 11.3 Å². The molecule has 3 aromatic heterocycles. The highest BCUT2D eigenvalue weighted by molar-refractivity contribution is 6.08. The first-order chi connectivity index (χ1) is 16.1. The van der Waals surface area contributed by atoms with Crippen molar-refractivity contribution in [1.82, 2.24) is 9.97 Å². The van der Waals surface area contributed by atoms with Gasteiger partial charge in [-0.05, 0) is 68.0 Å². The second kappa shape index (κ2) is 7.17. The first kappa shape index (κ1) is 12.9. The van der Waals surface area contributed by atoms with E-state index < -0.39 is 13.2 Å². The number of aryl methyl sites for hydroxylation is 4. The van der Waals surface area contributed by atoms with Crippen molar-refractivity contribution in [3.05, 3.63) is 95.3 Å². The largest absolute Gasteiger partial charge is 0.437 e. The van der Waals surface area contributed by atoms with Crippen LogP contribution in [-0.4, -0.2) is 9.97 Å². The summed E-state index contributed by atoms with van der Waals surface area (Å²) in [4.78, 5) is 8.70. The number of benzene rings is 2. The van der Waals surface area contributed by atoms with Gasteiger partial charge in [-0.1, -0.05) is 42.0 Å². The molecule has 0 unspecified atom stereocenters. The summed E-state index contributed by atoms with van der Waals surface area (Å²) in [6.07, 6.45) is 0.252. The zero-order valence-electron chi connectivity index (χ0n) is 20.9. The summed E-state index contributed by atoms with van der Waals surface area (Å²) in [5.74, 6) is 0. The van der Waals surface area contributed by atoms with Gasteiger partial charge >= 0.3 is 0 Å². The van der Waals surface area contributed by atoms with Gasteiger partial charge in [0.1, 0.15) is 5.58 Å². The molecule has 0 saturated heterocycles. The molecule has 0 atom stereocenters. The average molecular weight is 384 g/mol. The Labute approximate surface area is 177 Å². The molecule has 0 spiro atoms. The Balaban J connectivity index is 1.57. The Morgan fingerprint density at radius 1 is 0.966 bits per heavy atom. The van der Waals surface area contributed by atoms with E-state index in [2.05, 4.69) is 9.97 Å². The lowest BCUT2D eigenvalue weighted by Crippen LogP contribution is -1.93. The third kappa shape index (κ3) is 3.40. The second-order valence-corrected chi connectivity index (χ2v) is 7.10. The smallest absolute Gasteiger partial charge is 0.227 e. The Morgan fingerprint density at radius 3 is 2.72 bits per heavy atom. The lowest BCUT2D eigenvalue weighted by molar-refractivity contribution is 0.653. The third-order valence-electron chi connectivity index (χ3n) is 5.02. The number of rotatable bonds is 4. The highest BCUT2D eigenvalue weighted by Gasteiger charge is 2.14. The van der Waals surface area contributed by atoms with Gasteiger partial charge < -0.3 is 4.42 Å². The maximum absolute atomic E-state index is 8.70. The van der Waals surface area contributed by atoms with Gasteiger partial charge in [-0.25, -0.2) is 4.98 Å². The van der Waals surface area contributed by atoms with Crippen LogP contribution in [0, 0.1) is 13.8 Å². The molecule has 0 fully saturated rings. The van der Waals surface area contributed by atoms with Crippen molar-refractivity contribution in [1.29, 1.82) is 0 Å². The monoisotopic (exact) mass is 383 g/mol. The highest BCUT2D eigenvalue weighted by Crippen LogP contribution is 2.34. The first-order valence-electron chi connectivity index (χ1n) is 12.0. The molecule has 142 valence electrons. The minimum absolute atomic E-state index is 0.0231. The lowest BCUT2D eigenvalue weighted by Gasteiger charge is -2.06. The number of aromatic nitrogens is 2. The Bertz CT molecular complexity index is 1500. The molecule has 0 aliphatic heterocycles. The van der Waals surface area contributed by atoms with Gasteiger partial charge in [-0.2, -0.15) is 0 Å². The average Bonchev–Trinajstić information content (AvgIpc) is 3.18. The molecule has 3 nitrogen and oxygen atoms in total. The van der Waals surface area contributed by atoms with Gasteiger partial charge in [-0.3, -0.25) is 4.98 Å². The van der Waals surface area contributed by atoms with Crippen LogP contribution in [0.3, 0.4) is 0 Å². The maximum Gasteiger partial charge on any atom is 0.227 e. The highest BCUT2D eigenvalue weighted by atomic mass is 16.3. The van der Waals surface area contributed by atoms with Crippen LogP contribution in [0.4, 0.5) is 0 Å². The number of fused-ring (bicyclic) bond motifs is 3. The Hall–Kier alpha value is -3.46. The molecule has 0 bridgehead atoms. The fourth-order valence-electron chi connectivity index (χ4n) is 3.48. The quantitative estimate of drug-likeness (QED) is 0.358. The Kier molecular flexibility index (Phi) is 3.19. The van der Waals surface area contributed by atoms with Crippen molar-refractivity contribution in [2.75, 3.05) is 0 Å². The van der Waals surface area contributed by atoms with Gasteiger partial charge in [0.15, 0.2) is 0 Å². The van der Waals surface area contributed by atoms with Crippen molar-refractivity contribution in [3.63, 3.8) is 0 Å². The van der Waals surface area contributed by atoms with E-state index in [0.29, 0.717) is 22.4 Å². The molecule has 2 aromatic carbocycles. The zero-order valence-corrected chi connectivity index (χ0v) is 15.9. The molecule has 0 amide bonds. The standard InChI is InChI=1S/C26H22N2O/c1-17-6-9-19(10-7-17)11-12-20-14-15-27-24(16-20)23-5-3-4-21-22-13-8-18(2)28-26(22)29-25(21)23/h3-10,13-16H,11-12H2,1-2H3/i2D3,12D2. The van der Waals surface area contributed by atoms with E-state index in [9.17, 15) is 0 Å². The van der Waals surface area contributed by atoms with Crippen LogP contribution in [0.2, 0.25) is 0 Å². The van der Waals surface area contributed by atoms with Crippen LogP contribution in [0.5, 0.6) is 0 Å². The van der Waals surface area contributed by atoms with Gasteiger partial charge in [-0.15, -0.1) is 0 Å². The van der Waals surface area contributed by atoms with E-state index in [0.717, 1.165) is 21.9 Å². The molecule has 0 N–H and O–H groups in total. The number of pyridine rings is 2. The molecule has 5 rings (SSSR count). The van der Waals surface area contributed by atoms with Gasteiger partial charge in [0.05, 0.1) is 5.69 Å². The number of hydrogen-bond acceptors (Lipinski definition) is 3. The molecular formula is C26H22N2O. The number of para-hydroxylation sites is 1. The second-order valence-electron chi connectivity index (χ2n) is 7.10. The molecule has 5 aromatic rings. The van der Waals surface area contributed by atoms with Crippen LogP contribution in [0.25, 0.3) is 33.3 Å². The normalized spacial score (nSPS) is 14.9. The van der Waals surface area contributed by atoms with Crippen LogP contribution in [0.1, 0.15) is 29.2 Å². The van der Waals surface area contributed by atoms with Crippen LogP contribution in [0.15, 0.2) is 77.3 Å². The van der Waals surface area contributed by atoms with Crippen molar-refractivity contribution in [2.24, 2.45) is 0 Å². The Morgan fingerprint density at radius 2 is 1.86 bits per heavy atom. The minimum atomic E-state index is -2.32. The molecule has 29 heavy (non-hydrogen) atoms. The molecule has 3 heteroatoms. The van der Waals surface area contributed by atoms with E-state index in [1.54, 1.807) is 24.4 Å². The van der Waals surface area contributed by atoms with Crippen molar-refractivity contribution in [2.45, 2.75) is 26.6 Å². The summed E-state index contributed by atoms with van der Waals surface area (Å²) in [5, 5.41) is 1.52. The van der Waals surface area contributed by atoms with E-state index >= 15 is 0 Å². The number of furan rings is 1. The fourth-order valence-corrected chi connectivity index (χ4v) is 3.48.